The topological polar surface area (TPSA) is 29.5 Å². The van der Waals surface area contributed by atoms with Crippen molar-refractivity contribution in [1.82, 2.24) is 0 Å². The van der Waals surface area contributed by atoms with Crippen LogP contribution in [-0.4, -0.2) is 17.9 Å². The Morgan fingerprint density at radius 1 is 1.11 bits per heavy atom. The Morgan fingerprint density at radius 3 is 2.11 bits per heavy atom. The number of ether oxygens (including phenoxy) is 1. The molecule has 2 nitrogen and oxygen atoms in total. The van der Waals surface area contributed by atoms with Gasteiger partial charge in [0.05, 0.1) is 6.61 Å². The second-order valence-electron chi connectivity index (χ2n) is 4.51. The quantitative estimate of drug-likeness (QED) is 0.904. The Bertz CT molecular complexity index is 455. The molecule has 0 aromatic heterocycles. The summed E-state index contributed by atoms with van der Waals surface area (Å²) in [4.78, 5) is 0. The average molecular weight is 276 g/mol. The molecule has 1 aromatic carbocycles. The predicted octanol–water partition coefficient (Wildman–Crippen LogP) is 3.86. The van der Waals surface area contributed by atoms with Gasteiger partial charge in [-0.25, -0.2) is 0 Å². The molecular weight excluding hydrogens is 257 g/mol. The van der Waals surface area contributed by atoms with E-state index in [0.717, 1.165) is 0 Å². The molecule has 1 atom stereocenters. The highest BCUT2D eigenvalue weighted by atomic mass is 19.4. The van der Waals surface area contributed by atoms with Gasteiger partial charge in [-0.15, -0.1) is 0 Å². The standard InChI is InChI=1S/C14H19F3O2/c1-5-13(18,14(15,16)17)11-7-8-12(19-6-2)10(4)9(11)3/h7-8,18H,5-6H2,1-4H3. The minimum absolute atomic E-state index is 0.108. The van der Waals surface area contributed by atoms with Gasteiger partial charge < -0.3 is 9.84 Å². The molecule has 1 unspecified atom stereocenters. The van der Waals surface area contributed by atoms with E-state index in [1.54, 1.807) is 20.8 Å². The van der Waals surface area contributed by atoms with E-state index >= 15 is 0 Å². The summed E-state index contributed by atoms with van der Waals surface area (Å²) in [6, 6.07) is 2.78. The molecule has 0 aliphatic heterocycles. The predicted molar refractivity (Wildman–Crippen MR) is 67.3 cm³/mol. The number of aliphatic hydroxyl groups is 1. The molecule has 0 aliphatic rings. The summed E-state index contributed by atoms with van der Waals surface area (Å²) >= 11 is 0. The van der Waals surface area contributed by atoms with Crippen LogP contribution in [0, 0.1) is 13.8 Å². The van der Waals surface area contributed by atoms with E-state index in [9.17, 15) is 18.3 Å². The first-order chi connectivity index (χ1) is 8.69. The summed E-state index contributed by atoms with van der Waals surface area (Å²) in [5.41, 5.74) is -1.89. The van der Waals surface area contributed by atoms with Crippen LogP contribution in [0.1, 0.15) is 37.0 Å². The Hall–Kier alpha value is -1.23. The van der Waals surface area contributed by atoms with Crippen LogP contribution in [0.25, 0.3) is 0 Å². The van der Waals surface area contributed by atoms with E-state index < -0.39 is 18.2 Å². The van der Waals surface area contributed by atoms with Gasteiger partial charge in [-0.3, -0.25) is 0 Å². The molecule has 1 N–H and O–H groups in total. The summed E-state index contributed by atoms with van der Waals surface area (Å²) in [6.07, 6.45) is -5.13. The van der Waals surface area contributed by atoms with Crippen LogP contribution in [0.5, 0.6) is 5.75 Å². The van der Waals surface area contributed by atoms with Crippen LogP contribution >= 0.6 is 0 Å². The zero-order valence-electron chi connectivity index (χ0n) is 11.6. The first-order valence-corrected chi connectivity index (χ1v) is 6.21. The minimum atomic E-state index is -4.70. The fourth-order valence-corrected chi connectivity index (χ4v) is 2.10. The molecule has 0 bridgehead atoms. The highest BCUT2D eigenvalue weighted by Crippen LogP contribution is 2.44. The van der Waals surface area contributed by atoms with Gasteiger partial charge in [-0.05, 0) is 49.9 Å². The zero-order valence-corrected chi connectivity index (χ0v) is 11.6. The highest BCUT2D eigenvalue weighted by Gasteiger charge is 2.54. The van der Waals surface area contributed by atoms with Crippen molar-refractivity contribution < 1.29 is 23.0 Å². The molecule has 0 saturated carbocycles. The molecule has 5 heteroatoms. The minimum Gasteiger partial charge on any atom is -0.494 e. The van der Waals surface area contributed by atoms with Crippen LogP contribution in [0.2, 0.25) is 0 Å². The molecule has 0 heterocycles. The summed E-state index contributed by atoms with van der Waals surface area (Å²) in [5.74, 6) is 0.546. The van der Waals surface area contributed by atoms with Gasteiger partial charge in [0.25, 0.3) is 0 Å². The third kappa shape index (κ3) is 2.71. The van der Waals surface area contributed by atoms with E-state index in [1.165, 1.54) is 19.1 Å². The monoisotopic (exact) mass is 276 g/mol. The summed E-state index contributed by atoms with van der Waals surface area (Å²) in [5, 5.41) is 9.99. The van der Waals surface area contributed by atoms with Crippen LogP contribution in [-0.2, 0) is 5.60 Å². The Morgan fingerprint density at radius 2 is 1.68 bits per heavy atom. The van der Waals surface area contributed by atoms with E-state index in [1.807, 2.05) is 0 Å². The lowest BCUT2D eigenvalue weighted by Gasteiger charge is -2.32. The number of halogens is 3. The van der Waals surface area contributed by atoms with Gasteiger partial charge >= 0.3 is 6.18 Å². The fourth-order valence-electron chi connectivity index (χ4n) is 2.10. The maximum absolute atomic E-state index is 13.1. The van der Waals surface area contributed by atoms with Gasteiger partial charge in [0.15, 0.2) is 5.60 Å². The number of hydrogen-bond donors (Lipinski definition) is 1. The lowest BCUT2D eigenvalue weighted by molar-refractivity contribution is -0.268. The molecule has 0 radical (unpaired) electrons. The largest absolute Gasteiger partial charge is 0.494 e. The smallest absolute Gasteiger partial charge is 0.421 e. The molecule has 1 rings (SSSR count). The number of benzene rings is 1. The van der Waals surface area contributed by atoms with E-state index in [0.29, 0.717) is 23.5 Å². The molecule has 0 saturated heterocycles. The van der Waals surface area contributed by atoms with E-state index in [4.69, 9.17) is 4.74 Å². The maximum Gasteiger partial charge on any atom is 0.421 e. The van der Waals surface area contributed by atoms with Crippen molar-refractivity contribution in [3.63, 3.8) is 0 Å². The van der Waals surface area contributed by atoms with Crippen LogP contribution in [0.3, 0.4) is 0 Å². The van der Waals surface area contributed by atoms with Crippen molar-refractivity contribution >= 4 is 0 Å². The number of rotatable bonds is 4. The molecule has 0 amide bonds. The lowest BCUT2D eigenvalue weighted by atomic mass is 9.85. The van der Waals surface area contributed by atoms with Crippen molar-refractivity contribution in [2.45, 2.75) is 45.9 Å². The van der Waals surface area contributed by atoms with Gasteiger partial charge in [0, 0.05) is 0 Å². The van der Waals surface area contributed by atoms with E-state index in [2.05, 4.69) is 0 Å². The van der Waals surface area contributed by atoms with Crippen molar-refractivity contribution in [2.24, 2.45) is 0 Å². The maximum atomic E-state index is 13.1. The molecule has 19 heavy (non-hydrogen) atoms. The molecule has 1 aromatic rings. The Labute approximate surface area is 111 Å². The van der Waals surface area contributed by atoms with Crippen molar-refractivity contribution in [1.29, 1.82) is 0 Å². The first kappa shape index (κ1) is 15.8. The van der Waals surface area contributed by atoms with Crippen molar-refractivity contribution in [3.05, 3.63) is 28.8 Å². The normalized spacial score (nSPS) is 15.2. The average Bonchev–Trinajstić information content (AvgIpc) is 2.33. The Kier molecular flexibility index (Phi) is 4.50. The van der Waals surface area contributed by atoms with Gasteiger partial charge in [0.1, 0.15) is 5.75 Å². The summed E-state index contributed by atoms with van der Waals surface area (Å²) < 4.78 is 44.5. The van der Waals surface area contributed by atoms with Crippen LogP contribution < -0.4 is 4.74 Å². The zero-order chi connectivity index (χ0) is 14.8. The van der Waals surface area contributed by atoms with Crippen LogP contribution in [0.15, 0.2) is 12.1 Å². The molecular formula is C14H19F3O2. The number of alkyl halides is 3. The van der Waals surface area contributed by atoms with Crippen molar-refractivity contribution in [2.75, 3.05) is 6.61 Å². The number of hydrogen-bond acceptors (Lipinski definition) is 2. The third-order valence-corrected chi connectivity index (χ3v) is 3.46. The van der Waals surface area contributed by atoms with Crippen molar-refractivity contribution in [3.8, 4) is 5.75 Å². The SMILES string of the molecule is CCOc1ccc(C(O)(CC)C(F)(F)F)c(C)c1C. The fraction of sp³-hybridized carbons (Fsp3) is 0.571. The molecule has 0 fully saturated rings. The molecule has 0 aliphatic carbocycles. The molecule has 108 valence electrons. The lowest BCUT2D eigenvalue weighted by Crippen LogP contribution is -2.42. The van der Waals surface area contributed by atoms with E-state index in [-0.39, 0.29) is 5.56 Å². The van der Waals surface area contributed by atoms with Gasteiger partial charge in [-0.1, -0.05) is 13.0 Å². The van der Waals surface area contributed by atoms with Crippen LogP contribution in [0.4, 0.5) is 13.2 Å². The van der Waals surface area contributed by atoms with Gasteiger partial charge in [-0.2, -0.15) is 13.2 Å². The third-order valence-electron chi connectivity index (χ3n) is 3.46. The Balaban J connectivity index is 3.40. The summed E-state index contributed by atoms with van der Waals surface area (Å²) in [6.45, 7) is 6.83. The molecule has 0 spiro atoms. The van der Waals surface area contributed by atoms with Gasteiger partial charge in [0.2, 0.25) is 0 Å². The highest BCUT2D eigenvalue weighted by molar-refractivity contribution is 5.46. The second-order valence-corrected chi connectivity index (χ2v) is 4.51. The first-order valence-electron chi connectivity index (χ1n) is 6.21. The summed E-state index contributed by atoms with van der Waals surface area (Å²) in [7, 11) is 0. The second kappa shape index (κ2) is 5.41.